The van der Waals surface area contributed by atoms with Crippen molar-refractivity contribution in [3.8, 4) is 0 Å². The summed E-state index contributed by atoms with van der Waals surface area (Å²) in [6.45, 7) is 6.90. The highest BCUT2D eigenvalue weighted by molar-refractivity contribution is 7.38. The molecule has 12 heavy (non-hydrogen) atoms. The molecule has 0 aliphatic heterocycles. The first kappa shape index (κ1) is 9.74. The minimum Gasteiger partial charge on any atom is -0.114 e. The highest BCUT2D eigenvalue weighted by Crippen LogP contribution is 2.41. The second kappa shape index (κ2) is 4.05. The van der Waals surface area contributed by atoms with Crippen molar-refractivity contribution in [2.45, 2.75) is 25.4 Å². The van der Waals surface area contributed by atoms with E-state index in [2.05, 4.69) is 50.8 Å². The Morgan fingerprint density at radius 1 is 1.25 bits per heavy atom. The van der Waals surface area contributed by atoms with Crippen LogP contribution in [0.25, 0.3) is 0 Å². The number of benzene rings is 1. The van der Waals surface area contributed by atoms with E-state index >= 15 is 0 Å². The van der Waals surface area contributed by atoms with E-state index in [0.29, 0.717) is 5.16 Å². The predicted molar refractivity (Wildman–Crippen MR) is 58.3 cm³/mol. The van der Waals surface area contributed by atoms with Crippen molar-refractivity contribution in [1.82, 2.24) is 0 Å². The molecular weight excluding hydrogens is 163 g/mol. The highest BCUT2D eigenvalue weighted by Gasteiger charge is 2.21. The van der Waals surface area contributed by atoms with Crippen molar-refractivity contribution in [2.24, 2.45) is 0 Å². The van der Waals surface area contributed by atoms with Crippen molar-refractivity contribution >= 4 is 8.58 Å². The summed E-state index contributed by atoms with van der Waals surface area (Å²) in [7, 11) is 0.979. The van der Waals surface area contributed by atoms with Crippen molar-refractivity contribution in [3.63, 3.8) is 0 Å². The van der Waals surface area contributed by atoms with Crippen LogP contribution in [-0.2, 0) is 5.16 Å². The van der Waals surface area contributed by atoms with E-state index < -0.39 is 0 Å². The van der Waals surface area contributed by atoms with Gasteiger partial charge in [0.15, 0.2) is 0 Å². The van der Waals surface area contributed by atoms with Gasteiger partial charge in [-0.05, 0) is 18.6 Å². The fourth-order valence-electron chi connectivity index (χ4n) is 1.33. The van der Waals surface area contributed by atoms with Gasteiger partial charge in [-0.1, -0.05) is 44.2 Å². The third-order valence-corrected chi connectivity index (χ3v) is 4.42. The van der Waals surface area contributed by atoms with Gasteiger partial charge in [0.1, 0.15) is 0 Å². The van der Waals surface area contributed by atoms with Crippen LogP contribution in [0.3, 0.4) is 0 Å². The average molecular weight is 180 g/mol. The largest absolute Gasteiger partial charge is 0.114 e. The van der Waals surface area contributed by atoms with Gasteiger partial charge in [0.2, 0.25) is 0 Å². The van der Waals surface area contributed by atoms with E-state index in [1.807, 2.05) is 0 Å². The molecule has 0 fully saturated rings. The van der Waals surface area contributed by atoms with E-state index in [0.717, 1.165) is 8.58 Å². The summed E-state index contributed by atoms with van der Waals surface area (Å²) in [4.78, 5) is 0. The smallest absolute Gasteiger partial charge is 0.00927 e. The van der Waals surface area contributed by atoms with Crippen LogP contribution in [0.2, 0.25) is 0 Å². The molecule has 0 saturated heterocycles. The molecule has 0 saturated carbocycles. The van der Waals surface area contributed by atoms with Crippen LogP contribution in [0.4, 0.5) is 0 Å². The first-order chi connectivity index (χ1) is 5.73. The zero-order chi connectivity index (χ0) is 9.03. The number of hydrogen-bond donors (Lipinski definition) is 0. The molecule has 1 heteroatoms. The van der Waals surface area contributed by atoms with Crippen molar-refractivity contribution in [3.05, 3.63) is 35.9 Å². The van der Waals surface area contributed by atoms with Gasteiger partial charge in [0, 0.05) is 5.16 Å². The van der Waals surface area contributed by atoms with E-state index in [-0.39, 0.29) is 0 Å². The molecule has 0 amide bonds. The van der Waals surface area contributed by atoms with E-state index in [9.17, 15) is 0 Å². The van der Waals surface area contributed by atoms with Crippen molar-refractivity contribution in [1.29, 1.82) is 0 Å². The molecular formula is C11H17P. The Morgan fingerprint density at radius 3 is 2.25 bits per heavy atom. The molecule has 0 N–H and O–H groups in total. The van der Waals surface area contributed by atoms with Gasteiger partial charge in [-0.15, -0.1) is 8.58 Å². The van der Waals surface area contributed by atoms with E-state index in [1.54, 1.807) is 0 Å². The zero-order valence-corrected chi connectivity index (χ0v) is 9.09. The van der Waals surface area contributed by atoms with E-state index in [4.69, 9.17) is 0 Å². The second-order valence-corrected chi connectivity index (χ2v) is 4.91. The van der Waals surface area contributed by atoms with Gasteiger partial charge in [-0.25, -0.2) is 0 Å². The Hall–Kier alpha value is -0.350. The molecule has 0 spiro atoms. The van der Waals surface area contributed by atoms with Crippen LogP contribution < -0.4 is 0 Å². The number of rotatable bonds is 3. The lowest BCUT2D eigenvalue weighted by Gasteiger charge is -2.27. The van der Waals surface area contributed by atoms with Crippen LogP contribution in [0.1, 0.15) is 25.8 Å². The molecule has 1 aromatic rings. The Balaban J connectivity index is 2.95. The Kier molecular flexibility index (Phi) is 3.29. The summed E-state index contributed by atoms with van der Waals surface area (Å²) in [5.41, 5.74) is 1.48. The van der Waals surface area contributed by atoms with Crippen molar-refractivity contribution in [2.75, 3.05) is 6.66 Å². The van der Waals surface area contributed by atoms with Gasteiger partial charge in [0.05, 0.1) is 0 Å². The molecule has 66 valence electrons. The third kappa shape index (κ3) is 1.87. The molecule has 0 aliphatic rings. The van der Waals surface area contributed by atoms with Crippen LogP contribution >= 0.6 is 8.58 Å². The molecule has 0 bridgehead atoms. The van der Waals surface area contributed by atoms with Gasteiger partial charge < -0.3 is 0 Å². The first-order valence-corrected chi connectivity index (χ1v) is 5.97. The summed E-state index contributed by atoms with van der Waals surface area (Å²) in [6, 6.07) is 10.8. The maximum absolute atomic E-state index is 2.35. The Bertz CT molecular complexity index is 224. The van der Waals surface area contributed by atoms with Crippen molar-refractivity contribution < 1.29 is 0 Å². The zero-order valence-electron chi connectivity index (χ0n) is 8.09. The Labute approximate surface area is 77.2 Å². The predicted octanol–water partition coefficient (Wildman–Crippen LogP) is 3.62. The lowest BCUT2D eigenvalue weighted by Crippen LogP contribution is -2.13. The van der Waals surface area contributed by atoms with Gasteiger partial charge in [-0.3, -0.25) is 0 Å². The molecule has 2 atom stereocenters. The standard InChI is InChI=1S/C11H17P/c1-4-11(2,12-3)10-8-6-5-7-9-10/h5-9,12H,4H2,1-3H3. The van der Waals surface area contributed by atoms with Gasteiger partial charge in [0.25, 0.3) is 0 Å². The van der Waals surface area contributed by atoms with Crippen LogP contribution in [0, 0.1) is 0 Å². The number of hydrogen-bond acceptors (Lipinski definition) is 0. The molecule has 0 nitrogen and oxygen atoms in total. The van der Waals surface area contributed by atoms with E-state index in [1.165, 1.54) is 12.0 Å². The Morgan fingerprint density at radius 2 is 1.83 bits per heavy atom. The SMILES string of the molecule is CCC(C)(PC)c1ccccc1. The van der Waals surface area contributed by atoms with Crippen LogP contribution in [0.5, 0.6) is 0 Å². The molecule has 1 rings (SSSR count). The summed E-state index contributed by atoms with van der Waals surface area (Å²) >= 11 is 0. The van der Waals surface area contributed by atoms with Crippen LogP contribution in [-0.4, -0.2) is 6.66 Å². The lowest BCUT2D eigenvalue weighted by molar-refractivity contribution is 0.659. The maximum atomic E-state index is 2.35. The molecule has 0 radical (unpaired) electrons. The molecule has 0 aliphatic carbocycles. The minimum absolute atomic E-state index is 0.404. The maximum Gasteiger partial charge on any atom is 0.00927 e. The first-order valence-electron chi connectivity index (χ1n) is 4.47. The highest BCUT2D eigenvalue weighted by atomic mass is 31.1. The summed E-state index contributed by atoms with van der Waals surface area (Å²) in [5.74, 6) is 0. The summed E-state index contributed by atoms with van der Waals surface area (Å²) < 4.78 is 0. The van der Waals surface area contributed by atoms with Gasteiger partial charge in [-0.2, -0.15) is 0 Å². The fraction of sp³-hybridized carbons (Fsp3) is 0.455. The molecule has 1 aromatic carbocycles. The molecule has 0 aromatic heterocycles. The summed E-state index contributed by atoms with van der Waals surface area (Å²) in [5, 5.41) is 0.404. The normalized spacial score (nSPS) is 16.6. The van der Waals surface area contributed by atoms with Crippen LogP contribution in [0.15, 0.2) is 30.3 Å². The average Bonchev–Trinajstić information content (AvgIpc) is 2.18. The fourth-order valence-corrected chi connectivity index (χ4v) is 2.14. The summed E-state index contributed by atoms with van der Waals surface area (Å²) in [6.07, 6.45) is 1.23. The minimum atomic E-state index is 0.404. The quantitative estimate of drug-likeness (QED) is 0.623. The third-order valence-electron chi connectivity index (χ3n) is 2.67. The second-order valence-electron chi connectivity index (χ2n) is 3.30. The topological polar surface area (TPSA) is 0 Å². The monoisotopic (exact) mass is 180 g/mol. The van der Waals surface area contributed by atoms with Gasteiger partial charge >= 0.3 is 0 Å². The lowest BCUT2D eigenvalue weighted by atomic mass is 9.98. The molecule has 0 heterocycles. The molecule has 2 unspecified atom stereocenters.